The van der Waals surface area contributed by atoms with Crippen molar-refractivity contribution in [2.45, 2.75) is 12.5 Å². The molecule has 4 heteroatoms. The van der Waals surface area contributed by atoms with Crippen molar-refractivity contribution in [1.29, 1.82) is 0 Å². The normalized spacial score (nSPS) is 12.5. The minimum Gasteiger partial charge on any atom is -0.388 e. The van der Waals surface area contributed by atoms with Crippen LogP contribution in [-0.4, -0.2) is 10.1 Å². The molecular formula is C17H13ClFNO. The molecule has 0 aliphatic rings. The van der Waals surface area contributed by atoms with Gasteiger partial charge in [-0.3, -0.25) is 4.98 Å². The summed E-state index contributed by atoms with van der Waals surface area (Å²) in [5.74, 6) is -0.480. The number of fused-ring (bicyclic) bond motifs is 1. The number of aliphatic hydroxyl groups excluding tert-OH is 1. The van der Waals surface area contributed by atoms with Gasteiger partial charge in [-0.05, 0) is 17.0 Å². The molecule has 0 saturated heterocycles. The zero-order chi connectivity index (χ0) is 14.8. The van der Waals surface area contributed by atoms with Gasteiger partial charge in [0.2, 0.25) is 0 Å². The van der Waals surface area contributed by atoms with Crippen LogP contribution in [0.5, 0.6) is 0 Å². The van der Waals surface area contributed by atoms with E-state index < -0.39 is 11.9 Å². The summed E-state index contributed by atoms with van der Waals surface area (Å²) in [5.41, 5.74) is 1.08. The van der Waals surface area contributed by atoms with E-state index in [-0.39, 0.29) is 11.4 Å². The summed E-state index contributed by atoms with van der Waals surface area (Å²) in [4.78, 5) is 4.14. The van der Waals surface area contributed by atoms with E-state index in [0.717, 1.165) is 10.8 Å². The zero-order valence-electron chi connectivity index (χ0n) is 11.1. The smallest absolute Gasteiger partial charge is 0.145 e. The maximum Gasteiger partial charge on any atom is 0.145 e. The Hall–Kier alpha value is -1.97. The number of aliphatic hydroxyl groups is 1. The number of nitrogens with zero attached hydrogens (tertiary/aromatic N) is 1. The fraction of sp³-hybridized carbons (Fsp3) is 0.118. The molecule has 1 unspecified atom stereocenters. The Balaban J connectivity index is 1.97. The molecule has 1 atom stereocenters. The first-order valence-corrected chi connectivity index (χ1v) is 6.98. The lowest BCUT2D eigenvalue weighted by Crippen LogP contribution is -2.05. The van der Waals surface area contributed by atoms with E-state index >= 15 is 0 Å². The summed E-state index contributed by atoms with van der Waals surface area (Å²) in [6, 6.07) is 12.5. The lowest BCUT2D eigenvalue weighted by Gasteiger charge is -2.14. The molecule has 2 aromatic carbocycles. The molecule has 1 aromatic heterocycles. The molecule has 0 aliphatic carbocycles. The first-order valence-electron chi connectivity index (χ1n) is 6.60. The van der Waals surface area contributed by atoms with Gasteiger partial charge in [-0.25, -0.2) is 4.39 Å². The van der Waals surface area contributed by atoms with Crippen molar-refractivity contribution in [1.82, 2.24) is 4.98 Å². The Morgan fingerprint density at radius 2 is 1.90 bits per heavy atom. The Morgan fingerprint density at radius 1 is 1.10 bits per heavy atom. The van der Waals surface area contributed by atoms with Gasteiger partial charge < -0.3 is 5.11 Å². The Bertz CT molecular complexity index is 785. The van der Waals surface area contributed by atoms with Crippen molar-refractivity contribution >= 4 is 22.4 Å². The molecular weight excluding hydrogens is 289 g/mol. The highest BCUT2D eigenvalue weighted by molar-refractivity contribution is 6.30. The number of halogens is 2. The lowest BCUT2D eigenvalue weighted by atomic mass is 9.98. The van der Waals surface area contributed by atoms with Crippen LogP contribution in [0.25, 0.3) is 10.8 Å². The van der Waals surface area contributed by atoms with Crippen molar-refractivity contribution in [2.24, 2.45) is 0 Å². The van der Waals surface area contributed by atoms with Crippen molar-refractivity contribution in [3.05, 3.63) is 76.8 Å². The average molecular weight is 302 g/mol. The maximum absolute atomic E-state index is 13.9. The molecule has 0 radical (unpaired) electrons. The average Bonchev–Trinajstić information content (AvgIpc) is 2.51. The fourth-order valence-corrected chi connectivity index (χ4v) is 2.62. The van der Waals surface area contributed by atoms with Crippen LogP contribution in [0.3, 0.4) is 0 Å². The number of hydrogen-bond acceptors (Lipinski definition) is 2. The highest BCUT2D eigenvalue weighted by atomic mass is 35.5. The molecule has 0 bridgehead atoms. The topological polar surface area (TPSA) is 33.1 Å². The van der Waals surface area contributed by atoms with E-state index in [1.165, 1.54) is 6.07 Å². The van der Waals surface area contributed by atoms with Crippen molar-refractivity contribution in [3.63, 3.8) is 0 Å². The van der Waals surface area contributed by atoms with Crippen LogP contribution >= 0.6 is 11.6 Å². The molecule has 1 N–H and O–H groups in total. The molecule has 0 spiro atoms. The summed E-state index contributed by atoms with van der Waals surface area (Å²) in [6.07, 6.45) is 2.68. The van der Waals surface area contributed by atoms with Gasteiger partial charge in [-0.2, -0.15) is 0 Å². The van der Waals surface area contributed by atoms with Crippen LogP contribution in [0.1, 0.15) is 17.2 Å². The lowest BCUT2D eigenvalue weighted by molar-refractivity contribution is 0.178. The minimum absolute atomic E-state index is 0.0655. The van der Waals surface area contributed by atoms with Gasteiger partial charge in [0.25, 0.3) is 0 Å². The number of rotatable bonds is 3. The second kappa shape index (κ2) is 5.80. The summed E-state index contributed by atoms with van der Waals surface area (Å²) in [6.45, 7) is 0. The van der Waals surface area contributed by atoms with E-state index in [9.17, 15) is 9.50 Å². The molecule has 1 heterocycles. The van der Waals surface area contributed by atoms with Crippen LogP contribution in [0.4, 0.5) is 4.39 Å². The van der Waals surface area contributed by atoms with Crippen LogP contribution < -0.4 is 0 Å². The molecule has 3 aromatic rings. The minimum atomic E-state index is -0.837. The molecule has 0 aliphatic heterocycles. The van der Waals surface area contributed by atoms with Crippen LogP contribution in [0.2, 0.25) is 5.02 Å². The van der Waals surface area contributed by atoms with Crippen LogP contribution in [-0.2, 0) is 6.42 Å². The molecule has 0 fully saturated rings. The number of pyridine rings is 1. The maximum atomic E-state index is 13.9. The largest absolute Gasteiger partial charge is 0.388 e. The molecule has 0 saturated carbocycles. The predicted molar refractivity (Wildman–Crippen MR) is 81.8 cm³/mol. The van der Waals surface area contributed by atoms with Gasteiger partial charge in [-0.15, -0.1) is 0 Å². The second-order valence-corrected chi connectivity index (χ2v) is 5.29. The molecule has 0 amide bonds. The fourth-order valence-electron chi connectivity index (χ4n) is 2.43. The Kier molecular flexibility index (Phi) is 3.86. The van der Waals surface area contributed by atoms with Crippen molar-refractivity contribution < 1.29 is 9.50 Å². The van der Waals surface area contributed by atoms with E-state index in [4.69, 9.17) is 11.6 Å². The van der Waals surface area contributed by atoms with Gasteiger partial charge in [0.05, 0.1) is 11.1 Å². The molecule has 21 heavy (non-hydrogen) atoms. The Labute approximate surface area is 126 Å². The van der Waals surface area contributed by atoms with Crippen LogP contribution in [0, 0.1) is 5.82 Å². The summed E-state index contributed by atoms with van der Waals surface area (Å²) in [5, 5.41) is 12.4. The predicted octanol–water partition coefficient (Wildman–Crippen LogP) is 4.30. The van der Waals surface area contributed by atoms with E-state index in [0.29, 0.717) is 11.1 Å². The van der Waals surface area contributed by atoms with Crippen molar-refractivity contribution in [2.75, 3.05) is 0 Å². The number of hydrogen-bond donors (Lipinski definition) is 1. The molecule has 3 rings (SSSR count). The van der Waals surface area contributed by atoms with E-state index in [2.05, 4.69) is 4.98 Å². The van der Waals surface area contributed by atoms with Gasteiger partial charge >= 0.3 is 0 Å². The SMILES string of the molecule is OC(Cc1cccc(Cl)c1F)c1cncc2ccccc12. The number of aromatic nitrogens is 1. The van der Waals surface area contributed by atoms with E-state index in [1.807, 2.05) is 24.3 Å². The summed E-state index contributed by atoms with van der Waals surface area (Å²) < 4.78 is 13.9. The molecule has 106 valence electrons. The molecule has 2 nitrogen and oxygen atoms in total. The highest BCUT2D eigenvalue weighted by Gasteiger charge is 2.15. The van der Waals surface area contributed by atoms with Gasteiger partial charge in [0.1, 0.15) is 5.82 Å². The second-order valence-electron chi connectivity index (χ2n) is 4.88. The van der Waals surface area contributed by atoms with Crippen molar-refractivity contribution in [3.8, 4) is 0 Å². The first kappa shape index (κ1) is 14.0. The summed E-state index contributed by atoms with van der Waals surface area (Å²) >= 11 is 5.77. The quantitative estimate of drug-likeness (QED) is 0.782. The Morgan fingerprint density at radius 3 is 2.76 bits per heavy atom. The first-order chi connectivity index (χ1) is 10.2. The van der Waals surface area contributed by atoms with Gasteiger partial charge in [0, 0.05) is 29.8 Å². The number of benzene rings is 2. The third-order valence-electron chi connectivity index (χ3n) is 3.50. The zero-order valence-corrected chi connectivity index (χ0v) is 11.9. The monoisotopic (exact) mass is 301 g/mol. The highest BCUT2D eigenvalue weighted by Crippen LogP contribution is 2.27. The summed E-state index contributed by atoms with van der Waals surface area (Å²) in [7, 11) is 0. The van der Waals surface area contributed by atoms with Gasteiger partial charge in [-0.1, -0.05) is 48.0 Å². The van der Waals surface area contributed by atoms with Gasteiger partial charge in [0.15, 0.2) is 0 Å². The third-order valence-corrected chi connectivity index (χ3v) is 3.79. The van der Waals surface area contributed by atoms with E-state index in [1.54, 1.807) is 24.5 Å². The van der Waals surface area contributed by atoms with Crippen LogP contribution in [0.15, 0.2) is 54.9 Å². The standard InChI is InChI=1S/C17H13ClFNO/c18-15-7-3-5-11(17(15)19)8-16(21)14-10-20-9-12-4-1-2-6-13(12)14/h1-7,9-10,16,21H,8H2. The third kappa shape index (κ3) is 2.75.